The first-order valence-electron chi connectivity index (χ1n) is 7.45. The lowest BCUT2D eigenvalue weighted by Crippen LogP contribution is -2.57. The Kier molecular flexibility index (Phi) is 5.41. The molecule has 4 heteroatoms. The first-order valence-corrected chi connectivity index (χ1v) is 7.45. The van der Waals surface area contributed by atoms with Gasteiger partial charge < -0.3 is 15.0 Å². The normalized spacial score (nSPS) is 22.6. The zero-order valence-corrected chi connectivity index (χ0v) is 12.3. The van der Waals surface area contributed by atoms with Crippen LogP contribution in [-0.4, -0.2) is 36.2 Å². The summed E-state index contributed by atoms with van der Waals surface area (Å²) in [5.41, 5.74) is 1.02. The second-order valence-electron chi connectivity index (χ2n) is 5.27. The molecule has 110 valence electrons. The molecule has 1 aliphatic rings. The van der Waals surface area contributed by atoms with Gasteiger partial charge in [0.25, 0.3) is 0 Å². The number of hydrogen-bond acceptors (Lipinski definition) is 3. The van der Waals surface area contributed by atoms with Crippen molar-refractivity contribution >= 4 is 6.09 Å². The third kappa shape index (κ3) is 3.73. The van der Waals surface area contributed by atoms with Crippen LogP contribution in [0.25, 0.3) is 0 Å². The lowest BCUT2D eigenvalue weighted by molar-refractivity contribution is 0.0616. The molecule has 0 spiro atoms. The third-order valence-electron chi connectivity index (χ3n) is 3.90. The number of hydrogen-bond donors (Lipinski definition) is 1. The molecule has 0 radical (unpaired) electrons. The minimum Gasteiger partial charge on any atom is -0.445 e. The van der Waals surface area contributed by atoms with Crippen molar-refractivity contribution in [3.05, 3.63) is 35.9 Å². The van der Waals surface area contributed by atoms with Gasteiger partial charge in [-0.15, -0.1) is 0 Å². The van der Waals surface area contributed by atoms with E-state index in [1.54, 1.807) is 0 Å². The van der Waals surface area contributed by atoms with E-state index in [4.69, 9.17) is 4.74 Å². The van der Waals surface area contributed by atoms with E-state index in [1.807, 2.05) is 35.2 Å². The molecule has 0 unspecified atom stereocenters. The molecule has 0 saturated carbocycles. The average Bonchev–Trinajstić information content (AvgIpc) is 2.52. The Labute approximate surface area is 121 Å². The molecule has 0 aromatic heterocycles. The van der Waals surface area contributed by atoms with Crippen LogP contribution in [0.3, 0.4) is 0 Å². The number of ether oxygens (including phenoxy) is 1. The van der Waals surface area contributed by atoms with Gasteiger partial charge in [-0.3, -0.25) is 0 Å². The van der Waals surface area contributed by atoms with Crippen LogP contribution in [0.5, 0.6) is 0 Å². The molecule has 1 aliphatic heterocycles. The van der Waals surface area contributed by atoms with E-state index in [0.29, 0.717) is 12.6 Å². The molecule has 1 saturated heterocycles. The molecule has 1 fully saturated rings. The second-order valence-corrected chi connectivity index (χ2v) is 5.27. The van der Waals surface area contributed by atoms with Crippen molar-refractivity contribution < 1.29 is 9.53 Å². The van der Waals surface area contributed by atoms with Gasteiger partial charge in [-0.25, -0.2) is 4.79 Å². The predicted molar refractivity (Wildman–Crippen MR) is 79.5 cm³/mol. The molecule has 20 heavy (non-hydrogen) atoms. The van der Waals surface area contributed by atoms with E-state index in [2.05, 4.69) is 19.2 Å². The Morgan fingerprint density at radius 2 is 2.05 bits per heavy atom. The fourth-order valence-electron chi connectivity index (χ4n) is 2.53. The Morgan fingerprint density at radius 3 is 2.70 bits per heavy atom. The van der Waals surface area contributed by atoms with Crippen LogP contribution >= 0.6 is 0 Å². The first-order chi connectivity index (χ1) is 9.74. The summed E-state index contributed by atoms with van der Waals surface area (Å²) in [6.07, 6.45) is 1.78. The van der Waals surface area contributed by atoms with Gasteiger partial charge in [0.05, 0.1) is 0 Å². The number of rotatable bonds is 4. The first kappa shape index (κ1) is 14.9. The average molecular weight is 276 g/mol. The van der Waals surface area contributed by atoms with E-state index in [9.17, 15) is 4.79 Å². The lowest BCUT2D eigenvalue weighted by atomic mass is 10.1. The monoisotopic (exact) mass is 276 g/mol. The van der Waals surface area contributed by atoms with E-state index < -0.39 is 0 Å². The minimum atomic E-state index is -0.194. The van der Waals surface area contributed by atoms with E-state index >= 15 is 0 Å². The summed E-state index contributed by atoms with van der Waals surface area (Å²) >= 11 is 0. The van der Waals surface area contributed by atoms with Crippen molar-refractivity contribution in [2.75, 3.05) is 13.1 Å². The fourth-order valence-corrected chi connectivity index (χ4v) is 2.53. The van der Waals surface area contributed by atoms with Crippen molar-refractivity contribution in [3.63, 3.8) is 0 Å². The number of carbonyl (C=O) groups excluding carboxylic acids is 1. The number of carbonyl (C=O) groups is 1. The molecule has 0 bridgehead atoms. The Morgan fingerprint density at radius 1 is 1.30 bits per heavy atom. The molecule has 2 rings (SSSR count). The predicted octanol–water partition coefficient (Wildman–Crippen LogP) is 2.79. The molecular weight excluding hydrogens is 252 g/mol. The number of piperazine rings is 1. The van der Waals surface area contributed by atoms with Crippen LogP contribution in [0.4, 0.5) is 4.79 Å². The summed E-state index contributed by atoms with van der Waals surface area (Å²) < 4.78 is 5.45. The Balaban J connectivity index is 1.91. The van der Waals surface area contributed by atoms with Crippen molar-refractivity contribution in [2.45, 2.75) is 45.4 Å². The summed E-state index contributed by atoms with van der Waals surface area (Å²) in [5.74, 6) is 0. The van der Waals surface area contributed by atoms with Gasteiger partial charge in [0.1, 0.15) is 6.61 Å². The largest absolute Gasteiger partial charge is 0.445 e. The van der Waals surface area contributed by atoms with Gasteiger partial charge in [0.2, 0.25) is 0 Å². The molecule has 4 nitrogen and oxygen atoms in total. The van der Waals surface area contributed by atoms with Crippen molar-refractivity contribution in [1.82, 2.24) is 10.2 Å². The smallest absolute Gasteiger partial charge is 0.410 e. The fraction of sp³-hybridized carbons (Fsp3) is 0.562. The van der Waals surface area contributed by atoms with Crippen molar-refractivity contribution in [3.8, 4) is 0 Å². The summed E-state index contributed by atoms with van der Waals surface area (Å²) in [7, 11) is 0. The maximum Gasteiger partial charge on any atom is 0.410 e. The molecule has 0 aliphatic carbocycles. The molecule has 1 N–H and O–H groups in total. The highest BCUT2D eigenvalue weighted by atomic mass is 16.6. The molecule has 1 aromatic carbocycles. The molecular formula is C16H24N2O2. The highest BCUT2D eigenvalue weighted by Crippen LogP contribution is 2.14. The maximum absolute atomic E-state index is 12.3. The van der Waals surface area contributed by atoms with Crippen LogP contribution in [0.2, 0.25) is 0 Å². The van der Waals surface area contributed by atoms with Gasteiger partial charge in [-0.1, -0.05) is 44.2 Å². The zero-order chi connectivity index (χ0) is 14.4. The Bertz CT molecular complexity index is 422. The number of nitrogens with zero attached hydrogens (tertiary/aromatic N) is 1. The highest BCUT2D eigenvalue weighted by molar-refractivity contribution is 5.68. The number of nitrogens with one attached hydrogen (secondary N) is 1. The maximum atomic E-state index is 12.3. The van der Waals surface area contributed by atoms with E-state index in [-0.39, 0.29) is 12.1 Å². The molecule has 1 amide bonds. The lowest BCUT2D eigenvalue weighted by Gasteiger charge is -2.39. The summed E-state index contributed by atoms with van der Waals surface area (Å²) in [5, 5.41) is 3.48. The summed E-state index contributed by atoms with van der Waals surface area (Å²) in [6.45, 7) is 6.18. The summed E-state index contributed by atoms with van der Waals surface area (Å²) in [6, 6.07) is 10.4. The SMILES string of the molecule is CC[C@@H]1CN(C(=O)OCc2ccccc2)[C@@H](CC)CN1. The molecule has 1 aromatic rings. The quantitative estimate of drug-likeness (QED) is 0.919. The van der Waals surface area contributed by atoms with Crippen LogP contribution in [0.15, 0.2) is 30.3 Å². The van der Waals surface area contributed by atoms with Gasteiger partial charge in [-0.05, 0) is 18.4 Å². The standard InChI is InChI=1S/C16H24N2O2/c1-3-14-11-18(15(4-2)10-17-14)16(19)20-12-13-8-6-5-7-9-13/h5-9,14-15,17H,3-4,10-12H2,1-2H3/t14-,15+/m1/s1. The van der Waals surface area contributed by atoms with E-state index in [1.165, 1.54) is 0 Å². The second kappa shape index (κ2) is 7.29. The summed E-state index contributed by atoms with van der Waals surface area (Å²) in [4.78, 5) is 14.2. The molecule has 2 atom stereocenters. The van der Waals surface area contributed by atoms with Crippen LogP contribution in [0, 0.1) is 0 Å². The van der Waals surface area contributed by atoms with Crippen LogP contribution in [-0.2, 0) is 11.3 Å². The minimum absolute atomic E-state index is 0.194. The van der Waals surface area contributed by atoms with Gasteiger partial charge in [-0.2, -0.15) is 0 Å². The number of benzene rings is 1. The van der Waals surface area contributed by atoms with Gasteiger partial charge in [0.15, 0.2) is 0 Å². The topological polar surface area (TPSA) is 41.6 Å². The van der Waals surface area contributed by atoms with Crippen LogP contribution < -0.4 is 5.32 Å². The zero-order valence-electron chi connectivity index (χ0n) is 12.3. The van der Waals surface area contributed by atoms with Crippen molar-refractivity contribution in [2.24, 2.45) is 0 Å². The number of amides is 1. The van der Waals surface area contributed by atoms with Gasteiger partial charge >= 0.3 is 6.09 Å². The van der Waals surface area contributed by atoms with E-state index in [0.717, 1.165) is 31.5 Å². The van der Waals surface area contributed by atoms with Crippen LogP contribution in [0.1, 0.15) is 32.3 Å². The van der Waals surface area contributed by atoms with Crippen molar-refractivity contribution in [1.29, 1.82) is 0 Å². The molecule has 1 heterocycles. The Hall–Kier alpha value is -1.55. The van der Waals surface area contributed by atoms with Gasteiger partial charge in [0, 0.05) is 25.2 Å². The third-order valence-corrected chi connectivity index (χ3v) is 3.90. The highest BCUT2D eigenvalue weighted by Gasteiger charge is 2.30.